The highest BCUT2D eigenvalue weighted by Crippen LogP contribution is 2.20. The highest BCUT2D eigenvalue weighted by molar-refractivity contribution is 4.72. The maximum Gasteiger partial charge on any atom is 0.00670 e. The van der Waals surface area contributed by atoms with E-state index in [2.05, 4.69) is 34.6 Å². The minimum absolute atomic E-state index is 0.397. The van der Waals surface area contributed by atoms with Crippen LogP contribution in [0, 0.1) is 17.8 Å². The second-order valence-corrected chi connectivity index (χ2v) is 5.02. The summed E-state index contributed by atoms with van der Waals surface area (Å²) in [5, 5.41) is 0. The molecule has 0 fully saturated rings. The first kappa shape index (κ1) is 13.0. The molecule has 0 saturated heterocycles. The quantitative estimate of drug-likeness (QED) is 0.674. The third-order valence-electron chi connectivity index (χ3n) is 2.95. The SMILES string of the molecule is CCC(C)CC(C)C(N)CC(C)C. The van der Waals surface area contributed by atoms with E-state index in [9.17, 15) is 0 Å². The lowest BCUT2D eigenvalue weighted by molar-refractivity contribution is 0.319. The molecule has 3 unspecified atom stereocenters. The number of nitrogens with two attached hydrogens (primary N) is 1. The van der Waals surface area contributed by atoms with Gasteiger partial charge in [0, 0.05) is 6.04 Å². The monoisotopic (exact) mass is 185 g/mol. The van der Waals surface area contributed by atoms with E-state index in [1.165, 1.54) is 12.8 Å². The topological polar surface area (TPSA) is 26.0 Å². The van der Waals surface area contributed by atoms with E-state index >= 15 is 0 Å². The molecule has 0 aliphatic rings. The van der Waals surface area contributed by atoms with Gasteiger partial charge in [0.05, 0.1) is 0 Å². The van der Waals surface area contributed by atoms with Crippen molar-refractivity contribution in [3.8, 4) is 0 Å². The van der Waals surface area contributed by atoms with Crippen LogP contribution in [-0.4, -0.2) is 6.04 Å². The lowest BCUT2D eigenvalue weighted by Gasteiger charge is -2.23. The van der Waals surface area contributed by atoms with Crippen molar-refractivity contribution in [1.82, 2.24) is 0 Å². The molecular formula is C12H27N. The standard InChI is InChI=1S/C12H27N/c1-6-10(4)8-11(5)12(13)7-9(2)3/h9-12H,6-8,13H2,1-5H3. The van der Waals surface area contributed by atoms with E-state index in [0.717, 1.165) is 18.3 Å². The van der Waals surface area contributed by atoms with E-state index in [4.69, 9.17) is 5.73 Å². The van der Waals surface area contributed by atoms with Crippen LogP contribution in [0.5, 0.6) is 0 Å². The van der Waals surface area contributed by atoms with Gasteiger partial charge in [0.2, 0.25) is 0 Å². The first-order valence-electron chi connectivity index (χ1n) is 5.72. The van der Waals surface area contributed by atoms with Crippen molar-refractivity contribution in [3.05, 3.63) is 0 Å². The summed E-state index contributed by atoms with van der Waals surface area (Å²) in [6.07, 6.45) is 3.72. The van der Waals surface area contributed by atoms with Crippen LogP contribution in [0.15, 0.2) is 0 Å². The summed E-state index contributed by atoms with van der Waals surface area (Å²) in [5.74, 6) is 2.24. The Morgan fingerprint density at radius 2 is 1.54 bits per heavy atom. The van der Waals surface area contributed by atoms with Crippen molar-refractivity contribution in [2.45, 2.75) is 59.9 Å². The predicted octanol–water partition coefficient (Wildman–Crippen LogP) is 3.43. The van der Waals surface area contributed by atoms with E-state index in [1.807, 2.05) is 0 Å². The molecule has 1 heteroatoms. The molecule has 0 aromatic carbocycles. The van der Waals surface area contributed by atoms with E-state index < -0.39 is 0 Å². The van der Waals surface area contributed by atoms with Crippen molar-refractivity contribution in [1.29, 1.82) is 0 Å². The molecule has 13 heavy (non-hydrogen) atoms. The first-order valence-corrected chi connectivity index (χ1v) is 5.72. The minimum Gasteiger partial charge on any atom is -0.327 e. The van der Waals surface area contributed by atoms with Crippen LogP contribution >= 0.6 is 0 Å². The molecule has 0 bridgehead atoms. The van der Waals surface area contributed by atoms with Gasteiger partial charge in [-0.15, -0.1) is 0 Å². The van der Waals surface area contributed by atoms with Crippen molar-refractivity contribution in [2.75, 3.05) is 0 Å². The van der Waals surface area contributed by atoms with Crippen molar-refractivity contribution < 1.29 is 0 Å². The van der Waals surface area contributed by atoms with Gasteiger partial charge in [0.25, 0.3) is 0 Å². The lowest BCUT2D eigenvalue weighted by atomic mass is 9.86. The fourth-order valence-corrected chi connectivity index (χ4v) is 1.75. The summed E-state index contributed by atoms with van der Waals surface area (Å²) in [4.78, 5) is 0. The van der Waals surface area contributed by atoms with Crippen molar-refractivity contribution in [2.24, 2.45) is 23.5 Å². The van der Waals surface area contributed by atoms with Gasteiger partial charge < -0.3 is 5.73 Å². The summed E-state index contributed by atoms with van der Waals surface area (Å²) in [6.45, 7) is 11.4. The zero-order chi connectivity index (χ0) is 10.4. The molecule has 0 spiro atoms. The molecule has 0 heterocycles. The summed E-state index contributed by atoms with van der Waals surface area (Å²) >= 11 is 0. The Morgan fingerprint density at radius 3 is 1.92 bits per heavy atom. The number of rotatable bonds is 6. The Kier molecular flexibility index (Phi) is 6.40. The maximum atomic E-state index is 6.12. The smallest absolute Gasteiger partial charge is 0.00670 e. The molecule has 0 radical (unpaired) electrons. The van der Waals surface area contributed by atoms with Crippen LogP contribution in [-0.2, 0) is 0 Å². The summed E-state index contributed by atoms with van der Waals surface area (Å²) in [5.41, 5.74) is 6.12. The van der Waals surface area contributed by atoms with E-state index in [0.29, 0.717) is 12.0 Å². The summed E-state index contributed by atoms with van der Waals surface area (Å²) in [6, 6.07) is 0.397. The fourth-order valence-electron chi connectivity index (χ4n) is 1.75. The molecule has 1 nitrogen and oxygen atoms in total. The number of hydrogen-bond donors (Lipinski definition) is 1. The van der Waals surface area contributed by atoms with Crippen LogP contribution < -0.4 is 5.73 Å². The molecule has 80 valence electrons. The molecule has 3 atom stereocenters. The third kappa shape index (κ3) is 6.09. The van der Waals surface area contributed by atoms with Crippen LogP contribution in [0.2, 0.25) is 0 Å². The van der Waals surface area contributed by atoms with Crippen molar-refractivity contribution >= 4 is 0 Å². The van der Waals surface area contributed by atoms with Crippen LogP contribution in [0.1, 0.15) is 53.9 Å². The molecular weight excluding hydrogens is 158 g/mol. The Balaban J connectivity index is 3.74. The van der Waals surface area contributed by atoms with Gasteiger partial charge in [-0.2, -0.15) is 0 Å². The molecule has 2 N–H and O–H groups in total. The zero-order valence-electron chi connectivity index (χ0n) is 10.0. The van der Waals surface area contributed by atoms with Crippen LogP contribution in [0.25, 0.3) is 0 Å². The Morgan fingerprint density at radius 1 is 1.00 bits per heavy atom. The fraction of sp³-hybridized carbons (Fsp3) is 1.00. The van der Waals surface area contributed by atoms with Gasteiger partial charge in [-0.3, -0.25) is 0 Å². The molecule has 0 aromatic rings. The van der Waals surface area contributed by atoms with Gasteiger partial charge in [0.1, 0.15) is 0 Å². The first-order chi connectivity index (χ1) is 5.97. The van der Waals surface area contributed by atoms with E-state index in [1.54, 1.807) is 0 Å². The number of hydrogen-bond acceptors (Lipinski definition) is 1. The zero-order valence-corrected chi connectivity index (χ0v) is 10.0. The second-order valence-electron chi connectivity index (χ2n) is 5.02. The van der Waals surface area contributed by atoms with Crippen molar-refractivity contribution in [3.63, 3.8) is 0 Å². The van der Waals surface area contributed by atoms with Gasteiger partial charge in [-0.1, -0.05) is 41.0 Å². The normalized spacial score (nSPS) is 18.7. The highest BCUT2D eigenvalue weighted by atomic mass is 14.6. The molecule has 0 rings (SSSR count). The molecule has 0 amide bonds. The summed E-state index contributed by atoms with van der Waals surface area (Å²) < 4.78 is 0. The third-order valence-corrected chi connectivity index (χ3v) is 2.95. The highest BCUT2D eigenvalue weighted by Gasteiger charge is 2.15. The molecule has 0 aliphatic heterocycles. The van der Waals surface area contributed by atoms with Crippen LogP contribution in [0.3, 0.4) is 0 Å². The predicted molar refractivity (Wildman–Crippen MR) is 60.7 cm³/mol. The Hall–Kier alpha value is -0.0400. The van der Waals surface area contributed by atoms with E-state index in [-0.39, 0.29) is 0 Å². The minimum atomic E-state index is 0.397. The maximum absolute atomic E-state index is 6.12. The van der Waals surface area contributed by atoms with Gasteiger partial charge in [0.15, 0.2) is 0 Å². The molecule has 0 saturated carbocycles. The largest absolute Gasteiger partial charge is 0.327 e. The second kappa shape index (κ2) is 6.42. The average Bonchev–Trinajstić information content (AvgIpc) is 2.02. The molecule has 0 aliphatic carbocycles. The lowest BCUT2D eigenvalue weighted by Crippen LogP contribution is -2.30. The summed E-state index contributed by atoms with van der Waals surface area (Å²) in [7, 11) is 0. The van der Waals surface area contributed by atoms with Gasteiger partial charge in [-0.25, -0.2) is 0 Å². The molecule has 0 aromatic heterocycles. The van der Waals surface area contributed by atoms with Gasteiger partial charge >= 0.3 is 0 Å². The average molecular weight is 185 g/mol. The Labute approximate surface area is 84.1 Å². The van der Waals surface area contributed by atoms with Crippen LogP contribution in [0.4, 0.5) is 0 Å². The van der Waals surface area contributed by atoms with Gasteiger partial charge in [-0.05, 0) is 30.6 Å². The Bertz CT molecular complexity index is 120.